The highest BCUT2D eigenvalue weighted by molar-refractivity contribution is 6.13. The molecule has 0 fully saturated rings. The Hall–Kier alpha value is -7.94. The fraction of sp³-hybridized carbons (Fsp3) is 0. The molecule has 10 aromatic carbocycles. The standard InChI is InChI=1S/C58H38N2/c1-2-14-39(15-3-1)43-19-13-21-48(36-43)59-55-26-10-8-24-51(55)53-37-45(31-33-57(53)59)46-30-32-52-50-23-7-11-27-56(50)60(58(52)38-46)54-25-9-6-22-49(54)47-20-12-18-42(35-47)44-29-28-40-16-4-5-17-41(40)34-44/h1-38H. The van der Waals surface area contributed by atoms with Crippen LogP contribution < -0.4 is 0 Å². The molecule has 12 rings (SSSR count). The lowest BCUT2D eigenvalue weighted by Crippen LogP contribution is -1.97. The van der Waals surface area contributed by atoms with Gasteiger partial charge in [-0.2, -0.15) is 0 Å². The van der Waals surface area contributed by atoms with Gasteiger partial charge in [0.15, 0.2) is 0 Å². The summed E-state index contributed by atoms with van der Waals surface area (Å²) >= 11 is 0. The van der Waals surface area contributed by atoms with Crippen molar-refractivity contribution in [1.29, 1.82) is 0 Å². The highest BCUT2D eigenvalue weighted by Crippen LogP contribution is 2.41. The average Bonchev–Trinajstić information content (AvgIpc) is 3.84. The Bertz CT molecular complexity index is 3600. The van der Waals surface area contributed by atoms with Gasteiger partial charge in [0.2, 0.25) is 0 Å². The zero-order chi connectivity index (χ0) is 39.6. The molecule has 0 aliphatic carbocycles. The maximum atomic E-state index is 2.47. The third-order valence-corrected chi connectivity index (χ3v) is 12.3. The molecule has 0 spiro atoms. The lowest BCUT2D eigenvalue weighted by Gasteiger charge is -2.15. The van der Waals surface area contributed by atoms with Crippen LogP contribution in [0, 0.1) is 0 Å². The number of aromatic nitrogens is 2. The van der Waals surface area contributed by atoms with Crippen LogP contribution in [0.4, 0.5) is 0 Å². The molecule has 0 aliphatic rings. The fourth-order valence-corrected chi connectivity index (χ4v) is 9.44. The lowest BCUT2D eigenvalue weighted by molar-refractivity contribution is 1.18. The van der Waals surface area contributed by atoms with Gasteiger partial charge in [-0.3, -0.25) is 0 Å². The molecule has 60 heavy (non-hydrogen) atoms. The van der Waals surface area contributed by atoms with Crippen molar-refractivity contribution in [1.82, 2.24) is 9.13 Å². The maximum Gasteiger partial charge on any atom is 0.0547 e. The number of hydrogen-bond acceptors (Lipinski definition) is 0. The third-order valence-electron chi connectivity index (χ3n) is 12.3. The van der Waals surface area contributed by atoms with E-state index in [0.29, 0.717) is 0 Å². The van der Waals surface area contributed by atoms with Crippen LogP contribution in [0.3, 0.4) is 0 Å². The van der Waals surface area contributed by atoms with E-state index in [1.165, 1.54) is 98.9 Å². The zero-order valence-corrected chi connectivity index (χ0v) is 32.8. The Labute approximate surface area is 348 Å². The average molecular weight is 763 g/mol. The second kappa shape index (κ2) is 13.9. The van der Waals surface area contributed by atoms with Crippen LogP contribution in [0.15, 0.2) is 231 Å². The molecule has 0 atom stereocenters. The Morgan fingerprint density at radius 2 is 0.783 bits per heavy atom. The first-order valence-electron chi connectivity index (χ1n) is 20.7. The van der Waals surface area contributed by atoms with Gasteiger partial charge in [-0.25, -0.2) is 0 Å². The van der Waals surface area contributed by atoms with Gasteiger partial charge in [0.1, 0.15) is 0 Å². The second-order valence-corrected chi connectivity index (χ2v) is 15.7. The van der Waals surface area contributed by atoms with Gasteiger partial charge in [0.25, 0.3) is 0 Å². The number of fused-ring (bicyclic) bond motifs is 7. The predicted octanol–water partition coefficient (Wildman–Crippen LogP) is 15.7. The number of benzene rings is 10. The van der Waals surface area contributed by atoms with Crippen LogP contribution in [0.25, 0.3) is 110 Å². The zero-order valence-electron chi connectivity index (χ0n) is 32.8. The van der Waals surface area contributed by atoms with Crippen LogP contribution in [-0.2, 0) is 0 Å². The highest BCUT2D eigenvalue weighted by atomic mass is 15.0. The van der Waals surface area contributed by atoms with Crippen LogP contribution in [-0.4, -0.2) is 9.13 Å². The minimum Gasteiger partial charge on any atom is -0.309 e. The van der Waals surface area contributed by atoms with E-state index >= 15 is 0 Å². The molecule has 2 aromatic heterocycles. The Morgan fingerprint density at radius 1 is 0.233 bits per heavy atom. The Balaban J connectivity index is 1.00. The quantitative estimate of drug-likeness (QED) is 0.160. The van der Waals surface area contributed by atoms with Crippen molar-refractivity contribution in [2.45, 2.75) is 0 Å². The summed E-state index contributed by atoms with van der Waals surface area (Å²) < 4.78 is 4.88. The van der Waals surface area contributed by atoms with E-state index in [1.807, 2.05) is 0 Å². The summed E-state index contributed by atoms with van der Waals surface area (Å²) in [6.45, 7) is 0. The molecular formula is C58H38N2. The largest absolute Gasteiger partial charge is 0.309 e. The van der Waals surface area contributed by atoms with Crippen molar-refractivity contribution >= 4 is 54.4 Å². The lowest BCUT2D eigenvalue weighted by atomic mass is 9.96. The van der Waals surface area contributed by atoms with Crippen LogP contribution >= 0.6 is 0 Å². The van der Waals surface area contributed by atoms with Gasteiger partial charge in [0.05, 0.1) is 27.8 Å². The van der Waals surface area contributed by atoms with E-state index in [4.69, 9.17) is 0 Å². The Morgan fingerprint density at radius 3 is 1.65 bits per heavy atom. The van der Waals surface area contributed by atoms with Gasteiger partial charge in [-0.15, -0.1) is 0 Å². The molecule has 280 valence electrons. The van der Waals surface area contributed by atoms with Crippen molar-refractivity contribution < 1.29 is 0 Å². The molecular weight excluding hydrogens is 725 g/mol. The van der Waals surface area contributed by atoms with Crippen LogP contribution in [0.5, 0.6) is 0 Å². The van der Waals surface area contributed by atoms with Gasteiger partial charge >= 0.3 is 0 Å². The molecule has 0 saturated heterocycles. The normalized spacial score (nSPS) is 11.7. The summed E-state index contributed by atoms with van der Waals surface area (Å²) in [5.41, 5.74) is 16.7. The van der Waals surface area contributed by atoms with Gasteiger partial charge in [-0.05, 0) is 110 Å². The van der Waals surface area contributed by atoms with Crippen molar-refractivity contribution in [2.24, 2.45) is 0 Å². The molecule has 0 radical (unpaired) electrons. The number of nitrogens with zero attached hydrogens (tertiary/aromatic N) is 2. The van der Waals surface area contributed by atoms with Crippen molar-refractivity contribution in [3.8, 4) is 55.9 Å². The topological polar surface area (TPSA) is 9.86 Å². The summed E-state index contributed by atoms with van der Waals surface area (Å²) in [6.07, 6.45) is 0. The molecule has 12 aromatic rings. The summed E-state index contributed by atoms with van der Waals surface area (Å²) in [7, 11) is 0. The first kappa shape index (κ1) is 34.1. The number of rotatable bonds is 6. The molecule has 0 N–H and O–H groups in total. The summed E-state index contributed by atoms with van der Waals surface area (Å²) in [5.74, 6) is 0. The van der Waals surface area contributed by atoms with Crippen molar-refractivity contribution in [3.63, 3.8) is 0 Å². The van der Waals surface area contributed by atoms with E-state index in [0.717, 1.165) is 11.4 Å². The maximum absolute atomic E-state index is 2.47. The summed E-state index contributed by atoms with van der Waals surface area (Å²) in [6, 6.07) is 84.3. The van der Waals surface area contributed by atoms with Crippen molar-refractivity contribution in [2.75, 3.05) is 0 Å². The monoisotopic (exact) mass is 762 g/mol. The van der Waals surface area contributed by atoms with Gasteiger partial charge in [0, 0.05) is 32.8 Å². The van der Waals surface area contributed by atoms with E-state index < -0.39 is 0 Å². The minimum absolute atomic E-state index is 1.16. The predicted molar refractivity (Wildman–Crippen MR) is 254 cm³/mol. The van der Waals surface area contributed by atoms with Crippen LogP contribution in [0.2, 0.25) is 0 Å². The molecule has 0 aliphatic heterocycles. The molecule has 0 unspecified atom stereocenters. The van der Waals surface area contributed by atoms with E-state index in [2.05, 4.69) is 240 Å². The molecule has 0 saturated carbocycles. The fourth-order valence-electron chi connectivity index (χ4n) is 9.44. The molecule has 2 heterocycles. The summed E-state index contributed by atoms with van der Waals surface area (Å²) in [4.78, 5) is 0. The second-order valence-electron chi connectivity index (χ2n) is 15.7. The smallest absolute Gasteiger partial charge is 0.0547 e. The number of hydrogen-bond donors (Lipinski definition) is 0. The molecule has 2 heteroatoms. The molecule has 0 bridgehead atoms. The van der Waals surface area contributed by atoms with Gasteiger partial charge in [-0.1, -0.05) is 170 Å². The van der Waals surface area contributed by atoms with E-state index in [1.54, 1.807) is 0 Å². The molecule has 2 nitrogen and oxygen atoms in total. The summed E-state index contributed by atoms with van der Waals surface area (Å²) in [5, 5.41) is 7.48. The first-order valence-corrected chi connectivity index (χ1v) is 20.7. The minimum atomic E-state index is 1.16. The highest BCUT2D eigenvalue weighted by Gasteiger charge is 2.18. The van der Waals surface area contributed by atoms with Crippen molar-refractivity contribution in [3.05, 3.63) is 231 Å². The van der Waals surface area contributed by atoms with Crippen LogP contribution in [0.1, 0.15) is 0 Å². The van der Waals surface area contributed by atoms with E-state index in [9.17, 15) is 0 Å². The van der Waals surface area contributed by atoms with Gasteiger partial charge < -0.3 is 9.13 Å². The molecule has 0 amide bonds. The number of para-hydroxylation sites is 3. The Kier molecular flexibility index (Phi) is 7.89. The first-order chi connectivity index (χ1) is 29.7. The third kappa shape index (κ3) is 5.57. The SMILES string of the molecule is c1ccc(-c2cccc(-n3c4ccccc4c4cc(-c5ccc6c7ccccc7n(-c7ccccc7-c7cccc(-c8ccc9ccccc9c8)c7)c6c5)ccc43)c2)cc1. The van der Waals surface area contributed by atoms with E-state index in [-0.39, 0.29) is 0 Å².